The van der Waals surface area contributed by atoms with Gasteiger partial charge in [-0.1, -0.05) is 38.5 Å². The average Bonchev–Trinajstić information content (AvgIpc) is 3.64. The van der Waals surface area contributed by atoms with Crippen LogP contribution in [0.4, 0.5) is 0 Å². The molecule has 10 N–H and O–H groups in total. The van der Waals surface area contributed by atoms with Crippen molar-refractivity contribution >= 4 is 34.6 Å². The van der Waals surface area contributed by atoms with E-state index < -0.39 is 47.9 Å². The second-order valence-electron chi connectivity index (χ2n) is 10.6. The van der Waals surface area contributed by atoms with Crippen molar-refractivity contribution in [2.45, 2.75) is 76.5 Å². The van der Waals surface area contributed by atoms with E-state index in [2.05, 4.69) is 30.9 Å². The Balaban J connectivity index is 1.72. The second kappa shape index (κ2) is 15.7. The predicted molar refractivity (Wildman–Crippen MR) is 158 cm³/mol. The summed E-state index contributed by atoms with van der Waals surface area (Å²) in [6.45, 7) is 4.08. The fourth-order valence-corrected chi connectivity index (χ4v) is 4.70. The molecule has 0 saturated heterocycles. The summed E-state index contributed by atoms with van der Waals surface area (Å²) in [5.74, 6) is -3.21. The predicted octanol–water partition coefficient (Wildman–Crippen LogP) is 0.718. The Kier molecular flexibility index (Phi) is 12.1. The van der Waals surface area contributed by atoms with Gasteiger partial charge in [0.05, 0.1) is 12.4 Å². The molecule has 2 heterocycles. The topological polar surface area (TPSA) is 221 Å². The maximum atomic E-state index is 13.5. The monoisotopic (exact) mass is 582 g/mol. The maximum absolute atomic E-state index is 13.5. The molecule has 0 aliphatic rings. The van der Waals surface area contributed by atoms with Gasteiger partial charge in [0.25, 0.3) is 0 Å². The second-order valence-corrected chi connectivity index (χ2v) is 10.6. The fraction of sp³-hybridized carbons (Fsp3) is 0.483. The number of nitrogens with zero attached hydrogens (tertiary/aromatic N) is 1. The molecule has 3 aromatic rings. The highest BCUT2D eigenvalue weighted by molar-refractivity contribution is 5.94. The molecule has 0 fully saturated rings. The molecule has 5 unspecified atom stereocenters. The number of carboxylic acids is 1. The molecule has 0 radical (unpaired) electrons. The molecular formula is C29H42N8O5. The van der Waals surface area contributed by atoms with E-state index in [0.717, 1.165) is 16.5 Å². The highest BCUT2D eigenvalue weighted by Gasteiger charge is 2.33. The van der Waals surface area contributed by atoms with E-state index in [-0.39, 0.29) is 18.8 Å². The molecule has 2 aromatic heterocycles. The van der Waals surface area contributed by atoms with Gasteiger partial charge in [-0.3, -0.25) is 14.4 Å². The summed E-state index contributed by atoms with van der Waals surface area (Å²) in [5.41, 5.74) is 14.0. The van der Waals surface area contributed by atoms with Crippen LogP contribution >= 0.6 is 0 Å². The molecule has 13 nitrogen and oxygen atoms in total. The van der Waals surface area contributed by atoms with Crippen molar-refractivity contribution in [3.8, 4) is 0 Å². The minimum atomic E-state index is -1.22. The zero-order chi connectivity index (χ0) is 30.6. The molecule has 1 aromatic carbocycles. The number of H-pyrrole nitrogens is 2. The Hall–Kier alpha value is -4.23. The number of carbonyl (C=O) groups is 4. The van der Waals surface area contributed by atoms with E-state index in [1.807, 2.05) is 31.2 Å². The van der Waals surface area contributed by atoms with Gasteiger partial charge in [0.15, 0.2) is 0 Å². The lowest BCUT2D eigenvalue weighted by Crippen LogP contribution is -2.59. The van der Waals surface area contributed by atoms with Crippen LogP contribution in [0.3, 0.4) is 0 Å². The molecule has 5 atom stereocenters. The van der Waals surface area contributed by atoms with Gasteiger partial charge in [-0.2, -0.15) is 0 Å². The zero-order valence-corrected chi connectivity index (χ0v) is 24.1. The molecule has 0 aliphatic carbocycles. The Morgan fingerprint density at radius 3 is 2.38 bits per heavy atom. The lowest BCUT2D eigenvalue weighted by atomic mass is 9.96. The van der Waals surface area contributed by atoms with Crippen LogP contribution in [0.5, 0.6) is 0 Å². The summed E-state index contributed by atoms with van der Waals surface area (Å²) >= 11 is 0. The third kappa shape index (κ3) is 8.88. The Morgan fingerprint density at radius 1 is 0.976 bits per heavy atom. The van der Waals surface area contributed by atoms with Crippen molar-refractivity contribution in [1.29, 1.82) is 0 Å². The number of aromatic nitrogens is 3. The van der Waals surface area contributed by atoms with E-state index in [1.165, 1.54) is 6.33 Å². The normalized spacial score (nSPS) is 14.9. The quantitative estimate of drug-likeness (QED) is 0.106. The number of amides is 3. The summed E-state index contributed by atoms with van der Waals surface area (Å²) in [5, 5.41) is 18.9. The number of aliphatic carboxylic acids is 1. The van der Waals surface area contributed by atoms with Crippen molar-refractivity contribution in [3.63, 3.8) is 0 Å². The van der Waals surface area contributed by atoms with Crippen LogP contribution < -0.4 is 27.4 Å². The number of para-hydroxylation sites is 1. The number of unbranched alkanes of at least 4 members (excludes halogenated alkanes) is 1. The highest BCUT2D eigenvalue weighted by atomic mass is 16.4. The number of carboxylic acid groups (broad SMARTS) is 1. The van der Waals surface area contributed by atoms with Gasteiger partial charge < -0.3 is 42.5 Å². The molecule has 0 spiro atoms. The smallest absolute Gasteiger partial charge is 0.326 e. The summed E-state index contributed by atoms with van der Waals surface area (Å²) in [6, 6.07) is 3.36. The number of benzene rings is 1. The molecule has 228 valence electrons. The number of carbonyl (C=O) groups excluding carboxylic acids is 3. The molecule has 3 rings (SSSR count). The Morgan fingerprint density at radius 2 is 1.71 bits per heavy atom. The van der Waals surface area contributed by atoms with Gasteiger partial charge in [0.1, 0.15) is 18.1 Å². The number of rotatable bonds is 17. The van der Waals surface area contributed by atoms with Crippen LogP contribution in [-0.4, -0.2) is 74.5 Å². The standard InChI is InChI=1S/C29H42N8O5/c1-3-17(2)25(28(40)36-24(29(41)42)12-18-14-33-22-9-5-4-8-20(18)22)37-27(39)23(10-6-7-11-30)35-26(38)21(31)13-19-15-32-16-34-19/h4-5,8-9,14-17,21,23-25,33H,3,6-7,10-13,30-31H2,1-2H3,(H,32,34)(H,35,38)(H,36,40)(H,37,39)(H,41,42). The van der Waals surface area contributed by atoms with Crippen LogP contribution in [0.15, 0.2) is 43.0 Å². The first-order valence-corrected chi connectivity index (χ1v) is 14.3. The SMILES string of the molecule is CCC(C)C(NC(=O)C(CCCCN)NC(=O)C(N)Cc1cnc[nH]1)C(=O)NC(Cc1c[nH]c2ccccc12)C(=O)O. The van der Waals surface area contributed by atoms with Gasteiger partial charge in [-0.15, -0.1) is 0 Å². The van der Waals surface area contributed by atoms with Crippen LogP contribution in [0.2, 0.25) is 0 Å². The number of aromatic amines is 2. The van der Waals surface area contributed by atoms with Gasteiger partial charge >= 0.3 is 5.97 Å². The number of imidazole rings is 1. The molecule has 3 amide bonds. The number of fused-ring (bicyclic) bond motifs is 1. The number of hydrogen-bond acceptors (Lipinski definition) is 7. The number of nitrogens with two attached hydrogens (primary N) is 2. The summed E-state index contributed by atoms with van der Waals surface area (Å²) in [6.07, 6.45) is 7.07. The first kappa shape index (κ1) is 32.3. The van der Waals surface area contributed by atoms with Crippen molar-refractivity contribution in [2.24, 2.45) is 17.4 Å². The van der Waals surface area contributed by atoms with Gasteiger partial charge in [0, 0.05) is 41.8 Å². The van der Waals surface area contributed by atoms with E-state index in [9.17, 15) is 24.3 Å². The fourth-order valence-electron chi connectivity index (χ4n) is 4.70. The molecule has 13 heteroatoms. The lowest BCUT2D eigenvalue weighted by molar-refractivity contribution is -0.142. The first-order chi connectivity index (χ1) is 20.1. The van der Waals surface area contributed by atoms with Crippen LogP contribution in [0.25, 0.3) is 10.9 Å². The Bertz CT molecular complexity index is 1320. The van der Waals surface area contributed by atoms with Crippen molar-refractivity contribution in [1.82, 2.24) is 30.9 Å². The molecule has 0 aliphatic heterocycles. The highest BCUT2D eigenvalue weighted by Crippen LogP contribution is 2.19. The summed E-state index contributed by atoms with van der Waals surface area (Å²) in [7, 11) is 0. The number of nitrogens with one attached hydrogen (secondary N) is 5. The largest absolute Gasteiger partial charge is 0.480 e. The third-order valence-corrected chi connectivity index (χ3v) is 7.42. The van der Waals surface area contributed by atoms with E-state index in [1.54, 1.807) is 19.3 Å². The minimum Gasteiger partial charge on any atom is -0.480 e. The lowest BCUT2D eigenvalue weighted by Gasteiger charge is -2.28. The van der Waals surface area contributed by atoms with Gasteiger partial charge in [-0.25, -0.2) is 9.78 Å². The molecule has 0 saturated carbocycles. The van der Waals surface area contributed by atoms with Crippen molar-refractivity contribution in [2.75, 3.05) is 6.54 Å². The van der Waals surface area contributed by atoms with E-state index >= 15 is 0 Å². The van der Waals surface area contributed by atoms with Gasteiger partial charge in [0.2, 0.25) is 17.7 Å². The van der Waals surface area contributed by atoms with E-state index in [0.29, 0.717) is 37.9 Å². The van der Waals surface area contributed by atoms with Crippen molar-refractivity contribution in [3.05, 3.63) is 54.2 Å². The molecule has 42 heavy (non-hydrogen) atoms. The van der Waals surface area contributed by atoms with Crippen LogP contribution in [0.1, 0.15) is 50.8 Å². The minimum absolute atomic E-state index is 0.0538. The molecule has 0 bridgehead atoms. The Labute approximate surface area is 244 Å². The first-order valence-electron chi connectivity index (χ1n) is 14.3. The van der Waals surface area contributed by atoms with Gasteiger partial charge in [-0.05, 0) is 43.4 Å². The third-order valence-electron chi connectivity index (χ3n) is 7.42. The molecular weight excluding hydrogens is 540 g/mol. The van der Waals surface area contributed by atoms with Crippen LogP contribution in [-0.2, 0) is 32.0 Å². The van der Waals surface area contributed by atoms with Crippen molar-refractivity contribution < 1.29 is 24.3 Å². The summed E-state index contributed by atoms with van der Waals surface area (Å²) in [4.78, 5) is 61.8. The number of hydrogen-bond donors (Lipinski definition) is 8. The van der Waals surface area contributed by atoms with Crippen LogP contribution in [0, 0.1) is 5.92 Å². The summed E-state index contributed by atoms with van der Waals surface area (Å²) < 4.78 is 0. The maximum Gasteiger partial charge on any atom is 0.326 e. The zero-order valence-electron chi connectivity index (χ0n) is 24.1. The average molecular weight is 583 g/mol. The van der Waals surface area contributed by atoms with E-state index in [4.69, 9.17) is 11.5 Å².